The van der Waals surface area contributed by atoms with Crippen molar-refractivity contribution in [2.45, 2.75) is 19.4 Å². The predicted octanol–water partition coefficient (Wildman–Crippen LogP) is 1.51. The first-order valence-corrected chi connectivity index (χ1v) is 3.85. The van der Waals surface area contributed by atoms with Crippen LogP contribution in [0.5, 0.6) is 0 Å². The molecule has 2 nitrogen and oxygen atoms in total. The Bertz CT molecular complexity index is 204. The molecule has 0 aromatic rings. The highest BCUT2D eigenvalue weighted by atomic mass is 14.9. The molecule has 0 aromatic carbocycles. The molecule has 1 aliphatic rings. The maximum absolute atomic E-state index is 3.97. The number of rotatable bonds is 2. The summed E-state index contributed by atoms with van der Waals surface area (Å²) >= 11 is 0. The van der Waals surface area contributed by atoms with Crippen LogP contribution in [-0.2, 0) is 0 Å². The van der Waals surface area contributed by atoms with Crippen LogP contribution >= 0.6 is 0 Å². The van der Waals surface area contributed by atoms with Gasteiger partial charge in [0.15, 0.2) is 0 Å². The molecule has 1 N–H and O–H groups in total. The van der Waals surface area contributed by atoms with Gasteiger partial charge in [0.25, 0.3) is 0 Å². The second-order valence-electron chi connectivity index (χ2n) is 2.69. The van der Waals surface area contributed by atoms with Crippen molar-refractivity contribution in [2.75, 3.05) is 6.54 Å². The summed E-state index contributed by atoms with van der Waals surface area (Å²) in [6.45, 7) is 10.4. The molecule has 0 aromatic heterocycles. The second-order valence-corrected chi connectivity index (χ2v) is 2.69. The topological polar surface area (TPSA) is 24.4 Å². The lowest BCUT2D eigenvalue weighted by atomic mass is 10.0. The average molecular weight is 150 g/mol. The number of nitrogens with one attached hydrogen (secondary N) is 1. The smallest absolute Gasteiger partial charge is 0.0456 e. The number of aliphatic imine (C=N–C) groups is 1. The number of nitrogens with zero attached hydrogens (tertiary/aromatic N) is 1. The van der Waals surface area contributed by atoms with Crippen molar-refractivity contribution in [1.29, 1.82) is 0 Å². The van der Waals surface area contributed by atoms with E-state index in [1.54, 1.807) is 0 Å². The molecule has 11 heavy (non-hydrogen) atoms. The van der Waals surface area contributed by atoms with E-state index in [-0.39, 0.29) is 0 Å². The normalized spacial score (nSPS) is 25.0. The number of hydrogen-bond acceptors (Lipinski definition) is 2. The summed E-state index contributed by atoms with van der Waals surface area (Å²) in [6, 6.07) is 0.377. The lowest BCUT2D eigenvalue weighted by Crippen LogP contribution is -2.33. The molecule has 0 spiro atoms. The third kappa shape index (κ3) is 1.57. The summed E-state index contributed by atoms with van der Waals surface area (Å²) in [6.07, 6.45) is 2.83. The van der Waals surface area contributed by atoms with Gasteiger partial charge in [0.2, 0.25) is 0 Å². The fourth-order valence-electron chi connectivity index (χ4n) is 1.38. The Morgan fingerprint density at radius 3 is 2.91 bits per heavy atom. The molecule has 2 heteroatoms. The fourth-order valence-corrected chi connectivity index (χ4v) is 1.38. The van der Waals surface area contributed by atoms with Crippen LogP contribution in [-0.4, -0.2) is 19.3 Å². The van der Waals surface area contributed by atoms with Gasteiger partial charge in [0, 0.05) is 24.7 Å². The van der Waals surface area contributed by atoms with E-state index in [9.17, 15) is 0 Å². The summed E-state index contributed by atoms with van der Waals surface area (Å²) in [7, 11) is 0. The SMILES string of the molecule is C=CC1=C(N=C)CCNC1C. The van der Waals surface area contributed by atoms with Crippen LogP contribution in [0.1, 0.15) is 13.3 Å². The van der Waals surface area contributed by atoms with Crippen LogP contribution < -0.4 is 5.32 Å². The van der Waals surface area contributed by atoms with Crippen LogP contribution in [0.15, 0.2) is 28.9 Å². The van der Waals surface area contributed by atoms with Gasteiger partial charge in [-0.05, 0) is 19.2 Å². The lowest BCUT2D eigenvalue weighted by Gasteiger charge is -2.22. The second kappa shape index (κ2) is 3.49. The third-order valence-electron chi connectivity index (χ3n) is 2.02. The third-order valence-corrected chi connectivity index (χ3v) is 2.02. The molecule has 0 saturated carbocycles. The van der Waals surface area contributed by atoms with Gasteiger partial charge in [-0.1, -0.05) is 12.7 Å². The minimum absolute atomic E-state index is 0.377. The largest absolute Gasteiger partial charge is 0.310 e. The monoisotopic (exact) mass is 150 g/mol. The van der Waals surface area contributed by atoms with E-state index >= 15 is 0 Å². The summed E-state index contributed by atoms with van der Waals surface area (Å²) in [5.41, 5.74) is 2.28. The van der Waals surface area contributed by atoms with Gasteiger partial charge in [-0.3, -0.25) is 4.99 Å². The Kier molecular flexibility index (Phi) is 2.60. The van der Waals surface area contributed by atoms with E-state index in [1.807, 2.05) is 6.08 Å². The molecule has 0 fully saturated rings. The lowest BCUT2D eigenvalue weighted by molar-refractivity contribution is 0.575. The molecule has 0 radical (unpaired) electrons. The zero-order chi connectivity index (χ0) is 8.27. The van der Waals surface area contributed by atoms with Crippen LogP contribution in [0.3, 0.4) is 0 Å². The zero-order valence-electron chi connectivity index (χ0n) is 6.93. The van der Waals surface area contributed by atoms with Gasteiger partial charge >= 0.3 is 0 Å². The van der Waals surface area contributed by atoms with E-state index in [0.29, 0.717) is 6.04 Å². The van der Waals surface area contributed by atoms with Crippen LogP contribution in [0.25, 0.3) is 0 Å². The van der Waals surface area contributed by atoms with E-state index in [4.69, 9.17) is 0 Å². The molecule has 1 atom stereocenters. The molecule has 1 unspecified atom stereocenters. The Morgan fingerprint density at radius 2 is 2.45 bits per heavy atom. The van der Waals surface area contributed by atoms with Crippen LogP contribution in [0.2, 0.25) is 0 Å². The van der Waals surface area contributed by atoms with Crippen molar-refractivity contribution in [3.05, 3.63) is 23.9 Å². The predicted molar refractivity (Wildman–Crippen MR) is 48.9 cm³/mol. The van der Waals surface area contributed by atoms with Gasteiger partial charge in [-0.15, -0.1) is 0 Å². The molecule has 0 aliphatic carbocycles. The maximum atomic E-state index is 3.97. The van der Waals surface area contributed by atoms with E-state index < -0.39 is 0 Å². The Hall–Kier alpha value is -0.890. The highest BCUT2D eigenvalue weighted by Crippen LogP contribution is 2.18. The van der Waals surface area contributed by atoms with Crippen molar-refractivity contribution in [3.8, 4) is 0 Å². The first-order valence-electron chi connectivity index (χ1n) is 3.85. The standard InChI is InChI=1S/C9H14N2/c1-4-8-7(2)11-6-5-9(8)10-3/h4,7,11H,1,3,5-6H2,2H3. The van der Waals surface area contributed by atoms with E-state index in [2.05, 4.69) is 30.5 Å². The van der Waals surface area contributed by atoms with Crippen LogP contribution in [0.4, 0.5) is 0 Å². The van der Waals surface area contributed by atoms with Crippen molar-refractivity contribution >= 4 is 6.72 Å². The minimum Gasteiger partial charge on any atom is -0.310 e. The van der Waals surface area contributed by atoms with E-state index in [0.717, 1.165) is 18.7 Å². The van der Waals surface area contributed by atoms with Gasteiger partial charge in [-0.25, -0.2) is 0 Å². The highest BCUT2D eigenvalue weighted by Gasteiger charge is 2.14. The molecular weight excluding hydrogens is 136 g/mol. The molecule has 1 aliphatic heterocycles. The van der Waals surface area contributed by atoms with Crippen molar-refractivity contribution in [1.82, 2.24) is 5.32 Å². The van der Waals surface area contributed by atoms with Gasteiger partial charge < -0.3 is 5.32 Å². The Labute approximate surface area is 67.7 Å². The van der Waals surface area contributed by atoms with Crippen molar-refractivity contribution in [2.24, 2.45) is 4.99 Å². The quantitative estimate of drug-likeness (QED) is 0.593. The molecule has 0 bridgehead atoms. The zero-order valence-corrected chi connectivity index (χ0v) is 6.93. The van der Waals surface area contributed by atoms with Crippen molar-refractivity contribution < 1.29 is 0 Å². The summed E-state index contributed by atoms with van der Waals surface area (Å²) in [5, 5.41) is 3.33. The molecule has 1 rings (SSSR count). The molecular formula is C9H14N2. The van der Waals surface area contributed by atoms with Gasteiger partial charge in [-0.2, -0.15) is 0 Å². The Morgan fingerprint density at radius 1 is 1.73 bits per heavy atom. The van der Waals surface area contributed by atoms with Gasteiger partial charge in [0.05, 0.1) is 0 Å². The number of hydrogen-bond donors (Lipinski definition) is 1. The molecule has 0 amide bonds. The maximum Gasteiger partial charge on any atom is 0.0456 e. The summed E-state index contributed by atoms with van der Waals surface area (Å²) in [5.74, 6) is 0. The van der Waals surface area contributed by atoms with Crippen LogP contribution in [0, 0.1) is 0 Å². The molecule has 1 heterocycles. The fraction of sp³-hybridized carbons (Fsp3) is 0.444. The summed E-state index contributed by atoms with van der Waals surface area (Å²) < 4.78 is 0. The minimum atomic E-state index is 0.377. The molecule has 60 valence electrons. The molecule has 0 saturated heterocycles. The van der Waals surface area contributed by atoms with Crippen molar-refractivity contribution in [3.63, 3.8) is 0 Å². The summed E-state index contributed by atoms with van der Waals surface area (Å²) in [4.78, 5) is 3.97. The van der Waals surface area contributed by atoms with E-state index in [1.165, 1.54) is 5.57 Å². The van der Waals surface area contributed by atoms with Gasteiger partial charge in [0.1, 0.15) is 0 Å². The average Bonchev–Trinajstić information content (AvgIpc) is 2.04. The Balaban J connectivity index is 2.94. The first-order chi connectivity index (χ1) is 5.29. The highest BCUT2D eigenvalue weighted by molar-refractivity contribution is 5.37. The first kappa shape index (κ1) is 8.21.